The highest BCUT2D eigenvalue weighted by Gasteiger charge is 2.59. The normalized spacial score (nSPS) is 13.0. The van der Waals surface area contributed by atoms with E-state index >= 15 is 0 Å². The number of aryl methyl sites for hydroxylation is 1. The predicted octanol–water partition coefficient (Wildman–Crippen LogP) is 4.41. The molecule has 0 aromatic heterocycles. The molecule has 84 valence electrons. The van der Waals surface area contributed by atoms with Crippen molar-refractivity contribution in [2.75, 3.05) is 0 Å². The molecule has 15 heavy (non-hydrogen) atoms. The summed E-state index contributed by atoms with van der Waals surface area (Å²) in [6.07, 6.45) is -5.58. The van der Waals surface area contributed by atoms with Crippen LogP contribution in [-0.2, 0) is 5.92 Å². The van der Waals surface area contributed by atoms with Crippen molar-refractivity contribution < 1.29 is 22.0 Å². The van der Waals surface area contributed by atoms with E-state index in [4.69, 9.17) is 0 Å². The zero-order chi connectivity index (χ0) is 11.9. The molecule has 0 aliphatic carbocycles. The lowest BCUT2D eigenvalue weighted by Gasteiger charge is -2.21. The molecular weight excluding hydrogens is 283 g/mol. The third-order valence-electron chi connectivity index (χ3n) is 1.82. The van der Waals surface area contributed by atoms with Crippen molar-refractivity contribution in [3.63, 3.8) is 0 Å². The molecule has 1 aromatic rings. The van der Waals surface area contributed by atoms with Crippen LogP contribution in [0.4, 0.5) is 22.0 Å². The van der Waals surface area contributed by atoms with Crippen molar-refractivity contribution in [3.8, 4) is 0 Å². The summed E-state index contributed by atoms with van der Waals surface area (Å²) in [4.78, 5) is 0. The van der Waals surface area contributed by atoms with Gasteiger partial charge in [0.25, 0.3) is 0 Å². The number of rotatable bonds is 1. The van der Waals surface area contributed by atoms with Crippen LogP contribution < -0.4 is 0 Å². The zero-order valence-corrected chi connectivity index (χ0v) is 9.09. The van der Waals surface area contributed by atoms with Crippen molar-refractivity contribution >= 4 is 15.9 Å². The summed E-state index contributed by atoms with van der Waals surface area (Å²) in [6, 6.07) is 3.20. The van der Waals surface area contributed by atoms with Crippen LogP contribution in [0.5, 0.6) is 0 Å². The first-order valence-electron chi connectivity index (χ1n) is 3.87. The minimum Gasteiger partial charge on any atom is -0.191 e. The number of hydrogen-bond acceptors (Lipinski definition) is 0. The molecule has 0 bridgehead atoms. The standard InChI is InChI=1S/C9H6BrF5/c1-5-2-3-6(7(10)4-5)8(11,12)9(13,14)15/h2-4H,1H3. The van der Waals surface area contributed by atoms with E-state index < -0.39 is 17.7 Å². The molecule has 0 aliphatic rings. The van der Waals surface area contributed by atoms with Gasteiger partial charge >= 0.3 is 12.1 Å². The molecule has 0 radical (unpaired) electrons. The Bertz CT molecular complexity index is 369. The number of alkyl halides is 5. The lowest BCUT2D eigenvalue weighted by atomic mass is 10.1. The maximum Gasteiger partial charge on any atom is 0.458 e. The van der Waals surface area contributed by atoms with Gasteiger partial charge in [-0.15, -0.1) is 0 Å². The van der Waals surface area contributed by atoms with Crippen LogP contribution in [0, 0.1) is 6.92 Å². The minimum absolute atomic E-state index is 0.246. The molecule has 6 heteroatoms. The number of hydrogen-bond donors (Lipinski definition) is 0. The van der Waals surface area contributed by atoms with Crippen LogP contribution in [0.1, 0.15) is 11.1 Å². The fraction of sp³-hybridized carbons (Fsp3) is 0.333. The first-order chi connectivity index (χ1) is 6.66. The zero-order valence-electron chi connectivity index (χ0n) is 7.50. The van der Waals surface area contributed by atoms with E-state index in [1.165, 1.54) is 12.1 Å². The van der Waals surface area contributed by atoms with Crippen molar-refractivity contribution in [2.24, 2.45) is 0 Å². The monoisotopic (exact) mass is 288 g/mol. The Balaban J connectivity index is 3.28. The molecule has 0 saturated heterocycles. The summed E-state index contributed by atoms with van der Waals surface area (Å²) in [5.74, 6) is -4.83. The van der Waals surface area contributed by atoms with Gasteiger partial charge in [-0.05, 0) is 18.6 Å². The average molecular weight is 289 g/mol. The summed E-state index contributed by atoms with van der Waals surface area (Å²) in [5.41, 5.74) is -0.468. The Morgan fingerprint density at radius 2 is 1.60 bits per heavy atom. The van der Waals surface area contributed by atoms with Crippen molar-refractivity contribution in [1.29, 1.82) is 0 Å². The van der Waals surface area contributed by atoms with Crippen LogP contribution in [0.25, 0.3) is 0 Å². The Morgan fingerprint density at radius 3 is 2.00 bits per heavy atom. The van der Waals surface area contributed by atoms with Gasteiger partial charge in [-0.1, -0.05) is 28.1 Å². The second kappa shape index (κ2) is 3.73. The van der Waals surface area contributed by atoms with E-state index in [-0.39, 0.29) is 4.47 Å². The largest absolute Gasteiger partial charge is 0.458 e. The number of benzene rings is 1. The topological polar surface area (TPSA) is 0 Å². The molecule has 0 saturated carbocycles. The molecule has 0 heterocycles. The third kappa shape index (κ3) is 2.30. The average Bonchev–Trinajstić information content (AvgIpc) is 2.00. The van der Waals surface area contributed by atoms with Crippen LogP contribution in [0.15, 0.2) is 22.7 Å². The first kappa shape index (κ1) is 12.4. The van der Waals surface area contributed by atoms with E-state index in [1.807, 2.05) is 0 Å². The highest BCUT2D eigenvalue weighted by molar-refractivity contribution is 9.10. The van der Waals surface area contributed by atoms with E-state index in [1.54, 1.807) is 6.92 Å². The van der Waals surface area contributed by atoms with Crippen molar-refractivity contribution in [3.05, 3.63) is 33.8 Å². The van der Waals surface area contributed by atoms with Crippen LogP contribution >= 0.6 is 15.9 Å². The Kier molecular flexibility index (Phi) is 3.09. The summed E-state index contributed by atoms with van der Waals surface area (Å²) >= 11 is 2.70. The van der Waals surface area contributed by atoms with Gasteiger partial charge in [0.05, 0.1) is 0 Å². The summed E-state index contributed by atoms with van der Waals surface area (Å²) in [7, 11) is 0. The lowest BCUT2D eigenvalue weighted by Crippen LogP contribution is -2.33. The second-order valence-corrected chi connectivity index (χ2v) is 3.91. The molecule has 0 unspecified atom stereocenters. The van der Waals surface area contributed by atoms with E-state index in [9.17, 15) is 22.0 Å². The second-order valence-electron chi connectivity index (χ2n) is 3.06. The summed E-state index contributed by atoms with van der Waals surface area (Å²) in [5, 5.41) is 0. The van der Waals surface area contributed by atoms with Gasteiger partial charge in [-0.25, -0.2) is 0 Å². The van der Waals surface area contributed by atoms with Gasteiger partial charge in [-0.3, -0.25) is 0 Å². The smallest absolute Gasteiger partial charge is 0.191 e. The molecular formula is C9H6BrF5. The highest BCUT2D eigenvalue weighted by Crippen LogP contribution is 2.46. The Morgan fingerprint density at radius 1 is 1.07 bits per heavy atom. The first-order valence-corrected chi connectivity index (χ1v) is 4.66. The van der Waals surface area contributed by atoms with Crippen molar-refractivity contribution in [1.82, 2.24) is 0 Å². The molecule has 1 aromatic carbocycles. The molecule has 0 N–H and O–H groups in total. The van der Waals surface area contributed by atoms with Gasteiger partial charge < -0.3 is 0 Å². The fourth-order valence-electron chi connectivity index (χ4n) is 1.03. The van der Waals surface area contributed by atoms with Crippen LogP contribution in [0.2, 0.25) is 0 Å². The van der Waals surface area contributed by atoms with E-state index in [0.717, 1.165) is 6.07 Å². The molecule has 1 rings (SSSR count). The lowest BCUT2D eigenvalue weighted by molar-refractivity contribution is -0.289. The van der Waals surface area contributed by atoms with Gasteiger partial charge in [0, 0.05) is 10.0 Å². The molecule has 0 atom stereocenters. The maximum absolute atomic E-state index is 12.9. The Hall–Kier alpha value is -0.650. The molecule has 0 nitrogen and oxygen atoms in total. The molecule has 0 aliphatic heterocycles. The summed E-state index contributed by atoms with van der Waals surface area (Å²) < 4.78 is 61.6. The van der Waals surface area contributed by atoms with Crippen LogP contribution in [-0.4, -0.2) is 6.18 Å². The van der Waals surface area contributed by atoms with Gasteiger partial charge in [0.15, 0.2) is 0 Å². The Labute approximate surface area is 91.2 Å². The predicted molar refractivity (Wildman–Crippen MR) is 48.8 cm³/mol. The minimum atomic E-state index is -5.58. The van der Waals surface area contributed by atoms with Gasteiger partial charge in [-0.2, -0.15) is 22.0 Å². The molecule has 0 spiro atoms. The van der Waals surface area contributed by atoms with Crippen LogP contribution in [0.3, 0.4) is 0 Å². The maximum atomic E-state index is 12.9. The third-order valence-corrected chi connectivity index (χ3v) is 2.47. The number of halogens is 6. The van der Waals surface area contributed by atoms with E-state index in [0.29, 0.717) is 5.56 Å². The SMILES string of the molecule is Cc1ccc(C(F)(F)C(F)(F)F)c(Br)c1. The van der Waals surface area contributed by atoms with Crippen molar-refractivity contribution in [2.45, 2.75) is 19.0 Å². The van der Waals surface area contributed by atoms with Gasteiger partial charge in [0.2, 0.25) is 0 Å². The highest BCUT2D eigenvalue weighted by atomic mass is 79.9. The quantitative estimate of drug-likeness (QED) is 0.672. The van der Waals surface area contributed by atoms with E-state index in [2.05, 4.69) is 15.9 Å². The summed E-state index contributed by atoms with van der Waals surface area (Å²) in [6.45, 7) is 1.60. The fourth-order valence-corrected chi connectivity index (χ4v) is 1.77. The molecule has 0 fully saturated rings. The molecule has 0 amide bonds. The van der Waals surface area contributed by atoms with Gasteiger partial charge in [0.1, 0.15) is 0 Å².